The van der Waals surface area contributed by atoms with Crippen LogP contribution < -0.4 is 0 Å². The molecule has 35 heavy (non-hydrogen) atoms. The fourth-order valence-corrected chi connectivity index (χ4v) is 5.62. The standard InChI is InChI=1S/C26H21FN2O5S/c1-35(31,32)24-6-5-16(10-21(24)27)23-12-22-25(34-23)20(7-8-28-22)15-3-2-4-17(9-15)26(30)29-13-19-11-18(29)14-33-19/h2-10,12,18-19H,11,13-14H2,1H3/t18-,19-/m1/s1. The molecular weight excluding hydrogens is 471 g/mol. The maximum Gasteiger partial charge on any atom is 0.254 e. The van der Waals surface area contributed by atoms with Gasteiger partial charge in [-0.25, -0.2) is 12.8 Å². The van der Waals surface area contributed by atoms with E-state index < -0.39 is 15.7 Å². The van der Waals surface area contributed by atoms with Crippen LogP contribution in [-0.4, -0.2) is 55.8 Å². The molecule has 2 saturated heterocycles. The molecule has 0 unspecified atom stereocenters. The third kappa shape index (κ3) is 3.81. The molecule has 7 nitrogen and oxygen atoms in total. The molecule has 4 aromatic rings. The Morgan fingerprint density at radius 3 is 2.69 bits per heavy atom. The lowest BCUT2D eigenvalue weighted by Crippen LogP contribution is -2.41. The molecule has 178 valence electrons. The van der Waals surface area contributed by atoms with Crippen LogP contribution >= 0.6 is 0 Å². The summed E-state index contributed by atoms with van der Waals surface area (Å²) in [5, 5.41) is 0. The second-order valence-electron chi connectivity index (χ2n) is 8.98. The molecule has 2 aliphatic rings. The molecule has 6 rings (SSSR count). The van der Waals surface area contributed by atoms with Gasteiger partial charge in [0.25, 0.3) is 5.91 Å². The smallest absolute Gasteiger partial charge is 0.254 e. The number of pyridine rings is 1. The van der Waals surface area contributed by atoms with Crippen molar-refractivity contribution in [3.05, 3.63) is 72.2 Å². The number of hydrogen-bond donors (Lipinski definition) is 0. The van der Waals surface area contributed by atoms with Crippen LogP contribution in [0, 0.1) is 5.82 Å². The molecule has 2 aromatic carbocycles. The number of hydrogen-bond acceptors (Lipinski definition) is 6. The van der Waals surface area contributed by atoms with Gasteiger partial charge in [-0.15, -0.1) is 0 Å². The summed E-state index contributed by atoms with van der Waals surface area (Å²) in [4.78, 5) is 19.0. The molecule has 9 heteroatoms. The fourth-order valence-electron chi connectivity index (χ4n) is 4.90. The van der Waals surface area contributed by atoms with Crippen molar-refractivity contribution in [3.8, 4) is 22.5 Å². The highest BCUT2D eigenvalue weighted by Gasteiger charge is 2.41. The van der Waals surface area contributed by atoms with Crippen molar-refractivity contribution in [2.45, 2.75) is 23.5 Å². The largest absolute Gasteiger partial charge is 0.454 e. The minimum Gasteiger partial charge on any atom is -0.454 e. The van der Waals surface area contributed by atoms with E-state index in [-0.39, 0.29) is 22.9 Å². The quantitative estimate of drug-likeness (QED) is 0.422. The summed E-state index contributed by atoms with van der Waals surface area (Å²) in [6, 6.07) is 14.9. The minimum absolute atomic E-state index is 0.0190. The fraction of sp³-hybridized carbons (Fsp3) is 0.231. The van der Waals surface area contributed by atoms with Crippen molar-refractivity contribution in [1.29, 1.82) is 0 Å². The second kappa shape index (κ2) is 8.00. The normalized spacial score (nSPS) is 19.5. The van der Waals surface area contributed by atoms with Crippen molar-refractivity contribution in [2.75, 3.05) is 19.4 Å². The van der Waals surface area contributed by atoms with Crippen LogP contribution in [0.2, 0.25) is 0 Å². The van der Waals surface area contributed by atoms with Crippen LogP contribution in [0.5, 0.6) is 0 Å². The number of aromatic nitrogens is 1. The lowest BCUT2D eigenvalue weighted by molar-refractivity contribution is 0.0259. The van der Waals surface area contributed by atoms with Crippen LogP contribution in [0.15, 0.2) is 70.1 Å². The SMILES string of the molecule is CS(=O)(=O)c1ccc(-c2cc3nccc(-c4cccc(C(=O)N5C[C@H]6C[C@@H]5CO6)c4)c3o2)cc1F. The average molecular weight is 493 g/mol. The average Bonchev–Trinajstić information content (AvgIpc) is 3.58. The number of amides is 1. The van der Waals surface area contributed by atoms with Crippen LogP contribution in [0.4, 0.5) is 4.39 Å². The number of benzene rings is 2. The monoisotopic (exact) mass is 492 g/mol. The molecule has 0 spiro atoms. The molecule has 2 aromatic heterocycles. The molecule has 0 saturated carbocycles. The Morgan fingerprint density at radius 1 is 1.11 bits per heavy atom. The van der Waals surface area contributed by atoms with E-state index in [0.717, 1.165) is 29.9 Å². The van der Waals surface area contributed by atoms with E-state index in [0.29, 0.717) is 41.1 Å². The Hall–Kier alpha value is -3.56. The zero-order valence-corrected chi connectivity index (χ0v) is 19.6. The Kier molecular flexibility index (Phi) is 5.01. The van der Waals surface area contributed by atoms with Gasteiger partial charge < -0.3 is 14.1 Å². The van der Waals surface area contributed by atoms with Gasteiger partial charge in [0.05, 0.1) is 18.8 Å². The Bertz CT molecular complexity index is 1600. The van der Waals surface area contributed by atoms with Crippen molar-refractivity contribution in [2.24, 2.45) is 0 Å². The molecule has 2 fully saturated rings. The number of nitrogens with zero attached hydrogens (tertiary/aromatic N) is 2. The summed E-state index contributed by atoms with van der Waals surface area (Å²) in [6.07, 6.45) is 3.63. The second-order valence-corrected chi connectivity index (χ2v) is 11.0. The summed E-state index contributed by atoms with van der Waals surface area (Å²) < 4.78 is 49.6. The summed E-state index contributed by atoms with van der Waals surface area (Å²) in [5.41, 5.74) is 3.59. The number of carbonyl (C=O) groups is 1. The molecular formula is C26H21FN2O5S. The van der Waals surface area contributed by atoms with Gasteiger partial charge >= 0.3 is 0 Å². The van der Waals surface area contributed by atoms with Gasteiger partial charge in [-0.3, -0.25) is 9.78 Å². The highest BCUT2D eigenvalue weighted by Crippen LogP contribution is 2.35. The van der Waals surface area contributed by atoms with Crippen molar-refractivity contribution in [1.82, 2.24) is 9.88 Å². The molecule has 2 aliphatic heterocycles. The predicted octanol–water partition coefficient (Wildman–Crippen LogP) is 4.32. The van der Waals surface area contributed by atoms with E-state index in [4.69, 9.17) is 9.15 Å². The van der Waals surface area contributed by atoms with E-state index in [1.54, 1.807) is 24.4 Å². The predicted molar refractivity (Wildman–Crippen MR) is 127 cm³/mol. The lowest BCUT2D eigenvalue weighted by Gasteiger charge is -2.27. The van der Waals surface area contributed by atoms with Gasteiger partial charge in [0, 0.05) is 41.8 Å². The van der Waals surface area contributed by atoms with Crippen LogP contribution in [0.25, 0.3) is 33.6 Å². The first-order valence-electron chi connectivity index (χ1n) is 11.2. The Morgan fingerprint density at radius 2 is 1.97 bits per heavy atom. The lowest BCUT2D eigenvalue weighted by atomic mass is 10.0. The number of likely N-dealkylation sites (tertiary alicyclic amines) is 1. The van der Waals surface area contributed by atoms with Gasteiger partial charge in [-0.2, -0.15) is 0 Å². The first kappa shape index (κ1) is 21.9. The van der Waals surface area contributed by atoms with Crippen LogP contribution in [-0.2, 0) is 14.6 Å². The van der Waals surface area contributed by atoms with Gasteiger partial charge in [0.2, 0.25) is 0 Å². The Labute approximate surface area is 201 Å². The summed E-state index contributed by atoms with van der Waals surface area (Å²) in [7, 11) is -3.68. The summed E-state index contributed by atoms with van der Waals surface area (Å²) in [6.45, 7) is 1.20. The maximum absolute atomic E-state index is 14.5. The van der Waals surface area contributed by atoms with E-state index >= 15 is 0 Å². The van der Waals surface area contributed by atoms with Gasteiger partial charge in [-0.05, 0) is 48.4 Å². The molecule has 2 atom stereocenters. The zero-order valence-electron chi connectivity index (χ0n) is 18.8. The van der Waals surface area contributed by atoms with Gasteiger partial charge in [0.1, 0.15) is 22.0 Å². The first-order chi connectivity index (χ1) is 16.8. The van der Waals surface area contributed by atoms with Crippen molar-refractivity contribution in [3.63, 3.8) is 0 Å². The topological polar surface area (TPSA) is 89.7 Å². The summed E-state index contributed by atoms with van der Waals surface area (Å²) >= 11 is 0. The number of halogens is 1. The number of morpholine rings is 1. The van der Waals surface area contributed by atoms with Crippen molar-refractivity contribution >= 4 is 26.8 Å². The molecule has 0 N–H and O–H groups in total. The summed E-state index contributed by atoms with van der Waals surface area (Å²) in [5.74, 6) is -0.500. The highest BCUT2D eigenvalue weighted by molar-refractivity contribution is 7.90. The van der Waals surface area contributed by atoms with Gasteiger partial charge in [0.15, 0.2) is 15.4 Å². The molecule has 1 amide bonds. The molecule has 2 bridgehead atoms. The third-order valence-corrected chi connectivity index (χ3v) is 7.74. The molecule has 0 radical (unpaired) electrons. The van der Waals surface area contributed by atoms with E-state index in [1.807, 2.05) is 23.1 Å². The minimum atomic E-state index is -3.68. The van der Waals surface area contributed by atoms with Gasteiger partial charge in [-0.1, -0.05) is 12.1 Å². The number of furan rings is 1. The van der Waals surface area contributed by atoms with E-state index in [2.05, 4.69) is 4.98 Å². The number of fused-ring (bicyclic) bond motifs is 3. The first-order valence-corrected chi connectivity index (χ1v) is 13.1. The van der Waals surface area contributed by atoms with E-state index in [1.165, 1.54) is 12.1 Å². The number of ether oxygens (including phenoxy) is 1. The maximum atomic E-state index is 14.5. The molecule has 0 aliphatic carbocycles. The van der Waals surface area contributed by atoms with Crippen LogP contribution in [0.1, 0.15) is 16.8 Å². The Balaban J connectivity index is 1.37. The van der Waals surface area contributed by atoms with Crippen LogP contribution in [0.3, 0.4) is 0 Å². The number of rotatable bonds is 4. The highest BCUT2D eigenvalue weighted by atomic mass is 32.2. The number of carbonyl (C=O) groups excluding carboxylic acids is 1. The molecule has 4 heterocycles. The zero-order chi connectivity index (χ0) is 24.3. The van der Waals surface area contributed by atoms with E-state index in [9.17, 15) is 17.6 Å². The van der Waals surface area contributed by atoms with Crippen molar-refractivity contribution < 1.29 is 26.8 Å². The number of sulfone groups is 1. The third-order valence-electron chi connectivity index (χ3n) is 6.61.